The first kappa shape index (κ1) is 21.7. The topological polar surface area (TPSA) is 81.7 Å². The number of hydrogen-bond donors (Lipinski definition) is 1. The molecule has 152 valence electrons. The minimum Gasteiger partial charge on any atom is -0.465 e. The zero-order valence-corrected chi connectivity index (χ0v) is 18.8. The van der Waals surface area contributed by atoms with Crippen molar-refractivity contribution in [2.45, 2.75) is 0 Å². The Hall–Kier alpha value is -2.97. The molecule has 0 unspecified atom stereocenters. The Labute approximate surface area is 189 Å². The zero-order valence-electron chi connectivity index (χ0n) is 15.6. The van der Waals surface area contributed by atoms with Gasteiger partial charge in [0.2, 0.25) is 0 Å². The van der Waals surface area contributed by atoms with Crippen LogP contribution in [0.5, 0.6) is 5.75 Å². The van der Waals surface area contributed by atoms with Gasteiger partial charge >= 0.3 is 11.9 Å². The van der Waals surface area contributed by atoms with Gasteiger partial charge in [-0.05, 0) is 60.7 Å². The molecule has 0 aliphatic rings. The summed E-state index contributed by atoms with van der Waals surface area (Å²) >= 11 is 6.62. The second kappa shape index (κ2) is 9.69. The van der Waals surface area contributed by atoms with Gasteiger partial charge in [-0.25, -0.2) is 9.59 Å². The SMILES string of the molecule is COC(=O)c1cccc(NC(=O)c2ccc(Br)cc2)c1OC(=O)c1ccc(Br)cc1. The Kier molecular flexibility index (Phi) is 7.02. The largest absolute Gasteiger partial charge is 0.465 e. The fourth-order valence-electron chi connectivity index (χ4n) is 2.55. The van der Waals surface area contributed by atoms with Gasteiger partial charge in [0.05, 0.1) is 18.4 Å². The molecule has 0 saturated heterocycles. The van der Waals surface area contributed by atoms with E-state index >= 15 is 0 Å². The van der Waals surface area contributed by atoms with E-state index in [0.717, 1.165) is 8.95 Å². The van der Waals surface area contributed by atoms with Gasteiger partial charge < -0.3 is 14.8 Å². The van der Waals surface area contributed by atoms with E-state index in [1.807, 2.05) is 0 Å². The van der Waals surface area contributed by atoms with E-state index in [-0.39, 0.29) is 22.6 Å². The van der Waals surface area contributed by atoms with Gasteiger partial charge in [-0.3, -0.25) is 4.79 Å². The lowest BCUT2D eigenvalue weighted by atomic mass is 10.1. The maximum atomic E-state index is 12.6. The standard InChI is InChI=1S/C22H15Br2NO5/c1-29-22(28)17-3-2-4-18(25-20(26)13-5-9-15(23)10-6-13)19(17)30-21(27)14-7-11-16(24)12-8-14/h2-12H,1H3,(H,25,26). The molecule has 0 fully saturated rings. The number of halogens is 2. The number of nitrogens with one attached hydrogen (secondary N) is 1. The van der Waals surface area contributed by atoms with Crippen LogP contribution in [0.25, 0.3) is 0 Å². The number of carbonyl (C=O) groups is 3. The fraction of sp³-hybridized carbons (Fsp3) is 0.0455. The molecule has 3 rings (SSSR count). The van der Waals surface area contributed by atoms with E-state index < -0.39 is 17.8 Å². The van der Waals surface area contributed by atoms with E-state index in [4.69, 9.17) is 9.47 Å². The lowest BCUT2D eigenvalue weighted by molar-refractivity contribution is 0.0592. The first-order valence-corrected chi connectivity index (χ1v) is 10.2. The minimum absolute atomic E-state index is 0.0107. The number of amides is 1. The molecular formula is C22H15Br2NO5. The molecule has 0 bridgehead atoms. The average molecular weight is 533 g/mol. The van der Waals surface area contributed by atoms with E-state index in [1.54, 1.807) is 54.6 Å². The molecule has 0 aromatic heterocycles. The summed E-state index contributed by atoms with van der Waals surface area (Å²) in [7, 11) is 1.22. The fourth-order valence-corrected chi connectivity index (χ4v) is 3.08. The van der Waals surface area contributed by atoms with Crippen LogP contribution in [0.3, 0.4) is 0 Å². The number of hydrogen-bond acceptors (Lipinski definition) is 5. The number of methoxy groups -OCH3 is 1. The Morgan fingerprint density at radius 1 is 0.767 bits per heavy atom. The molecule has 0 aliphatic carbocycles. The lowest BCUT2D eigenvalue weighted by Crippen LogP contribution is -2.17. The molecule has 1 N–H and O–H groups in total. The summed E-state index contributed by atoms with van der Waals surface area (Å²) in [6, 6.07) is 17.8. The second-order valence-corrected chi connectivity index (χ2v) is 7.86. The number of para-hydroxylation sites is 1. The van der Waals surface area contributed by atoms with Gasteiger partial charge in [-0.1, -0.05) is 37.9 Å². The van der Waals surface area contributed by atoms with E-state index in [9.17, 15) is 14.4 Å². The van der Waals surface area contributed by atoms with Crippen LogP contribution < -0.4 is 10.1 Å². The number of esters is 2. The van der Waals surface area contributed by atoms with Crippen LogP contribution in [0.15, 0.2) is 75.7 Å². The second-order valence-electron chi connectivity index (χ2n) is 6.03. The predicted molar refractivity (Wildman–Crippen MR) is 119 cm³/mol. The Morgan fingerprint density at radius 3 is 1.90 bits per heavy atom. The first-order chi connectivity index (χ1) is 14.4. The molecule has 1 amide bonds. The summed E-state index contributed by atoms with van der Waals surface area (Å²) in [6.07, 6.45) is 0. The van der Waals surface area contributed by atoms with Crippen LogP contribution >= 0.6 is 31.9 Å². The summed E-state index contributed by atoms with van der Waals surface area (Å²) in [5.74, 6) is -1.90. The first-order valence-electron chi connectivity index (χ1n) is 8.65. The van der Waals surface area contributed by atoms with Crippen molar-refractivity contribution >= 4 is 55.4 Å². The van der Waals surface area contributed by atoms with Gasteiger partial charge in [0, 0.05) is 14.5 Å². The van der Waals surface area contributed by atoms with Crippen LogP contribution in [0.4, 0.5) is 5.69 Å². The highest BCUT2D eigenvalue weighted by molar-refractivity contribution is 9.10. The van der Waals surface area contributed by atoms with Crippen LogP contribution in [0.2, 0.25) is 0 Å². The summed E-state index contributed by atoms with van der Waals surface area (Å²) in [4.78, 5) is 37.5. The third-order valence-electron chi connectivity index (χ3n) is 4.05. The van der Waals surface area contributed by atoms with Crippen LogP contribution in [-0.4, -0.2) is 25.0 Å². The van der Waals surface area contributed by atoms with Gasteiger partial charge in [-0.2, -0.15) is 0 Å². The maximum Gasteiger partial charge on any atom is 0.343 e. The van der Waals surface area contributed by atoms with Crippen LogP contribution in [-0.2, 0) is 4.74 Å². The normalized spacial score (nSPS) is 10.2. The highest BCUT2D eigenvalue weighted by Crippen LogP contribution is 2.31. The van der Waals surface area contributed by atoms with Crippen molar-refractivity contribution in [2.75, 3.05) is 12.4 Å². The average Bonchev–Trinajstić information content (AvgIpc) is 2.75. The van der Waals surface area contributed by atoms with E-state index in [1.165, 1.54) is 19.2 Å². The lowest BCUT2D eigenvalue weighted by Gasteiger charge is -2.15. The van der Waals surface area contributed by atoms with Gasteiger partial charge in [0.15, 0.2) is 5.75 Å². The smallest absolute Gasteiger partial charge is 0.343 e. The molecule has 6 nitrogen and oxygen atoms in total. The van der Waals surface area contributed by atoms with Crippen molar-refractivity contribution < 1.29 is 23.9 Å². The predicted octanol–water partition coefficient (Wildman–Crippen LogP) is 5.47. The van der Waals surface area contributed by atoms with Crippen molar-refractivity contribution in [3.8, 4) is 5.75 Å². The number of carbonyl (C=O) groups excluding carboxylic acids is 3. The summed E-state index contributed by atoms with van der Waals surface area (Å²) in [5, 5.41) is 2.68. The summed E-state index contributed by atoms with van der Waals surface area (Å²) in [5.41, 5.74) is 0.850. The van der Waals surface area contributed by atoms with Crippen molar-refractivity contribution in [3.05, 3.63) is 92.4 Å². The highest BCUT2D eigenvalue weighted by Gasteiger charge is 2.22. The molecule has 8 heteroatoms. The Bertz CT molecular complexity index is 1100. The van der Waals surface area contributed by atoms with Gasteiger partial charge in [0.1, 0.15) is 5.56 Å². The number of ether oxygens (including phenoxy) is 2. The Morgan fingerprint density at radius 2 is 1.33 bits per heavy atom. The van der Waals surface area contributed by atoms with Crippen LogP contribution in [0.1, 0.15) is 31.1 Å². The van der Waals surface area contributed by atoms with Crippen molar-refractivity contribution in [3.63, 3.8) is 0 Å². The summed E-state index contributed by atoms with van der Waals surface area (Å²) < 4.78 is 11.9. The maximum absolute atomic E-state index is 12.6. The summed E-state index contributed by atoms with van der Waals surface area (Å²) in [6.45, 7) is 0. The molecule has 0 saturated carbocycles. The van der Waals surface area contributed by atoms with E-state index in [0.29, 0.717) is 5.56 Å². The molecule has 3 aromatic rings. The number of benzene rings is 3. The van der Waals surface area contributed by atoms with Crippen molar-refractivity contribution in [2.24, 2.45) is 0 Å². The molecule has 0 radical (unpaired) electrons. The molecule has 0 heterocycles. The molecule has 0 atom stereocenters. The number of rotatable bonds is 5. The monoisotopic (exact) mass is 531 g/mol. The van der Waals surface area contributed by atoms with Gasteiger partial charge in [0.25, 0.3) is 5.91 Å². The molecule has 0 spiro atoms. The van der Waals surface area contributed by atoms with E-state index in [2.05, 4.69) is 37.2 Å². The third-order valence-corrected chi connectivity index (χ3v) is 5.11. The Balaban J connectivity index is 1.95. The van der Waals surface area contributed by atoms with Crippen molar-refractivity contribution in [1.82, 2.24) is 0 Å². The third kappa shape index (κ3) is 5.14. The van der Waals surface area contributed by atoms with Crippen LogP contribution in [0, 0.1) is 0 Å². The molecule has 0 aliphatic heterocycles. The minimum atomic E-state index is -0.701. The van der Waals surface area contributed by atoms with Gasteiger partial charge in [-0.15, -0.1) is 0 Å². The molecule has 3 aromatic carbocycles. The van der Waals surface area contributed by atoms with Crippen molar-refractivity contribution in [1.29, 1.82) is 0 Å². The molecular weight excluding hydrogens is 518 g/mol. The zero-order chi connectivity index (χ0) is 21.7. The molecule has 30 heavy (non-hydrogen) atoms. The quantitative estimate of drug-likeness (QED) is 0.348. The highest BCUT2D eigenvalue weighted by atomic mass is 79.9. The number of anilines is 1.